The number of nitrogens with zero attached hydrogens (tertiary/aromatic N) is 2. The van der Waals surface area contributed by atoms with Crippen LogP contribution in [0.2, 0.25) is 0 Å². The Morgan fingerprint density at radius 2 is 1.65 bits per heavy atom. The summed E-state index contributed by atoms with van der Waals surface area (Å²) in [4.78, 5) is 29.5. The molecule has 1 saturated heterocycles. The Bertz CT molecular complexity index is 1000. The number of carbonyl (C=O) groups is 2. The second-order valence-electron chi connectivity index (χ2n) is 11.2. The first-order valence-electron chi connectivity index (χ1n) is 13.7. The van der Waals surface area contributed by atoms with Gasteiger partial charge in [0.1, 0.15) is 0 Å². The highest BCUT2D eigenvalue weighted by atomic mass is 16.2. The molecule has 0 radical (unpaired) electrons. The van der Waals surface area contributed by atoms with Gasteiger partial charge in [-0.3, -0.25) is 19.4 Å². The van der Waals surface area contributed by atoms with Gasteiger partial charge in [-0.25, -0.2) is 0 Å². The molecular weight excluding hydrogens is 460 g/mol. The molecule has 0 aromatic carbocycles. The zero-order valence-corrected chi connectivity index (χ0v) is 23.4. The topological polar surface area (TPSA) is 64.7 Å². The summed E-state index contributed by atoms with van der Waals surface area (Å²) in [5.41, 5.74) is 3.53. The quantitative estimate of drug-likeness (QED) is 0.475. The summed E-state index contributed by atoms with van der Waals surface area (Å²) < 4.78 is 0. The fourth-order valence-electron chi connectivity index (χ4n) is 5.27. The van der Waals surface area contributed by atoms with Crippen molar-refractivity contribution >= 4 is 11.8 Å². The molecule has 6 heteroatoms. The maximum Gasteiger partial charge on any atom is 0.243 e. The fraction of sp³-hybridized carbons (Fsp3) is 0.548. The summed E-state index contributed by atoms with van der Waals surface area (Å²) in [7, 11) is 2.14. The maximum absolute atomic E-state index is 12.5. The van der Waals surface area contributed by atoms with Crippen LogP contribution in [0.25, 0.3) is 0 Å². The van der Waals surface area contributed by atoms with Gasteiger partial charge in [0, 0.05) is 50.3 Å². The second-order valence-corrected chi connectivity index (χ2v) is 11.2. The van der Waals surface area contributed by atoms with E-state index in [1.807, 2.05) is 19.1 Å². The van der Waals surface area contributed by atoms with Crippen LogP contribution in [0.1, 0.15) is 53.4 Å². The number of amides is 2. The summed E-state index contributed by atoms with van der Waals surface area (Å²) >= 11 is 0. The van der Waals surface area contributed by atoms with Crippen molar-refractivity contribution in [3.8, 4) is 0 Å². The van der Waals surface area contributed by atoms with Gasteiger partial charge in [0.25, 0.3) is 0 Å². The molecule has 3 rings (SSSR count). The van der Waals surface area contributed by atoms with Crippen molar-refractivity contribution in [1.29, 1.82) is 0 Å². The minimum atomic E-state index is -0.0491. The molecule has 2 aliphatic heterocycles. The van der Waals surface area contributed by atoms with Crippen molar-refractivity contribution in [3.63, 3.8) is 0 Å². The number of allylic oxidation sites excluding steroid dienone is 10. The van der Waals surface area contributed by atoms with E-state index in [9.17, 15) is 9.59 Å². The van der Waals surface area contributed by atoms with E-state index in [0.717, 1.165) is 56.6 Å². The lowest BCUT2D eigenvalue weighted by Gasteiger charge is -2.36. The van der Waals surface area contributed by atoms with E-state index in [0.29, 0.717) is 19.1 Å². The number of hydrogen-bond donors (Lipinski definition) is 2. The zero-order chi connectivity index (χ0) is 26.8. The Labute approximate surface area is 223 Å². The van der Waals surface area contributed by atoms with Crippen molar-refractivity contribution < 1.29 is 9.59 Å². The van der Waals surface area contributed by atoms with E-state index in [2.05, 4.69) is 78.6 Å². The number of likely N-dealkylation sites (N-methyl/N-ethyl adjacent to an activating group) is 1. The highest BCUT2D eigenvalue weighted by molar-refractivity contribution is 5.88. The summed E-state index contributed by atoms with van der Waals surface area (Å²) in [6.07, 6.45) is 22.2. The molecule has 37 heavy (non-hydrogen) atoms. The van der Waals surface area contributed by atoms with Crippen LogP contribution in [-0.2, 0) is 9.59 Å². The summed E-state index contributed by atoms with van der Waals surface area (Å²) in [6, 6.07) is 0.427. The molecule has 2 amide bonds. The number of fused-ring (bicyclic) bond motifs is 3. The molecule has 2 N–H and O–H groups in total. The predicted octanol–water partition coefficient (Wildman–Crippen LogP) is 4.51. The van der Waals surface area contributed by atoms with Crippen molar-refractivity contribution in [2.24, 2.45) is 11.3 Å². The van der Waals surface area contributed by atoms with Crippen LogP contribution in [0.4, 0.5) is 0 Å². The molecule has 2 unspecified atom stereocenters. The van der Waals surface area contributed by atoms with Crippen LogP contribution in [0, 0.1) is 11.3 Å². The second kappa shape index (κ2) is 13.7. The standard InChI is InChI=1S/C31H46N4O2/c1-24-8-6-15-31(4)16-13-26(3)21-27(31)20-25(2)10-12-30(37)33-18-14-28-22-35(23-34(28)5)19-7-17-32-29(36)11-9-24/h6,8-12,15,20-21,27-28H,7,13-14,16-19,22-23H2,1-5H3,(H,32,36)(H,33,37)/t27-,28?,31-/m1/s1. The molecule has 0 aromatic heterocycles. The molecule has 202 valence electrons. The maximum atomic E-state index is 12.5. The molecule has 1 fully saturated rings. The Balaban J connectivity index is 1.77. The molecule has 2 bridgehead atoms. The third kappa shape index (κ3) is 9.28. The van der Waals surface area contributed by atoms with Gasteiger partial charge in [-0.05, 0) is 58.9 Å². The number of rotatable bonds is 0. The average molecular weight is 507 g/mol. The van der Waals surface area contributed by atoms with Gasteiger partial charge in [-0.15, -0.1) is 0 Å². The predicted molar refractivity (Wildman–Crippen MR) is 153 cm³/mol. The lowest BCUT2D eigenvalue weighted by Crippen LogP contribution is -2.32. The minimum Gasteiger partial charge on any atom is -0.353 e. The Hall–Kier alpha value is -2.70. The van der Waals surface area contributed by atoms with Crippen LogP contribution in [-0.4, -0.2) is 67.6 Å². The van der Waals surface area contributed by atoms with Gasteiger partial charge in [-0.2, -0.15) is 0 Å². The molecule has 2 heterocycles. The average Bonchev–Trinajstić information content (AvgIpc) is 3.20. The Kier molecular flexibility index (Phi) is 10.7. The zero-order valence-electron chi connectivity index (χ0n) is 23.4. The van der Waals surface area contributed by atoms with Gasteiger partial charge in [-0.1, -0.05) is 66.2 Å². The molecule has 6 nitrogen and oxygen atoms in total. The SMILES string of the molecule is CC1=CC=C[C@]2(C)CCC(C)=C[C@H]2C=C(C)C=CC(=O)NCCC2CN(CCCNC(=O)C=C1)CN2C. The van der Waals surface area contributed by atoms with Crippen molar-refractivity contribution in [2.45, 2.75) is 59.4 Å². The molecule has 0 aromatic rings. The number of hydrogen-bond acceptors (Lipinski definition) is 4. The first-order valence-corrected chi connectivity index (χ1v) is 13.7. The van der Waals surface area contributed by atoms with E-state index in [1.165, 1.54) is 5.57 Å². The van der Waals surface area contributed by atoms with Crippen molar-refractivity contribution in [2.75, 3.05) is 39.9 Å². The Morgan fingerprint density at radius 3 is 2.41 bits per heavy atom. The van der Waals surface area contributed by atoms with Crippen molar-refractivity contribution in [3.05, 3.63) is 71.4 Å². The largest absolute Gasteiger partial charge is 0.353 e. The van der Waals surface area contributed by atoms with Crippen LogP contribution in [0.15, 0.2) is 71.4 Å². The number of carbonyl (C=O) groups excluding carboxylic acids is 2. The van der Waals surface area contributed by atoms with Crippen LogP contribution in [0.5, 0.6) is 0 Å². The highest BCUT2D eigenvalue weighted by Crippen LogP contribution is 2.42. The highest BCUT2D eigenvalue weighted by Gasteiger charge is 2.31. The Morgan fingerprint density at radius 1 is 0.946 bits per heavy atom. The number of nitrogens with one attached hydrogen (secondary N) is 2. The molecule has 4 atom stereocenters. The van der Waals surface area contributed by atoms with Gasteiger partial charge >= 0.3 is 0 Å². The lowest BCUT2D eigenvalue weighted by molar-refractivity contribution is -0.117. The third-order valence-corrected chi connectivity index (χ3v) is 7.80. The molecule has 1 aliphatic carbocycles. The first-order chi connectivity index (χ1) is 17.6. The lowest BCUT2D eigenvalue weighted by atomic mass is 9.68. The van der Waals surface area contributed by atoms with E-state index in [-0.39, 0.29) is 23.1 Å². The van der Waals surface area contributed by atoms with Crippen LogP contribution in [0.3, 0.4) is 0 Å². The molecule has 3 aliphatic rings. The monoisotopic (exact) mass is 506 g/mol. The van der Waals surface area contributed by atoms with Crippen LogP contribution < -0.4 is 10.6 Å². The van der Waals surface area contributed by atoms with Gasteiger partial charge in [0.15, 0.2) is 0 Å². The van der Waals surface area contributed by atoms with Gasteiger partial charge in [0.2, 0.25) is 11.8 Å². The summed E-state index contributed by atoms with van der Waals surface area (Å²) in [5, 5.41) is 6.06. The van der Waals surface area contributed by atoms with E-state index >= 15 is 0 Å². The fourth-order valence-corrected chi connectivity index (χ4v) is 5.27. The third-order valence-electron chi connectivity index (χ3n) is 7.80. The van der Waals surface area contributed by atoms with Crippen molar-refractivity contribution in [1.82, 2.24) is 20.4 Å². The van der Waals surface area contributed by atoms with E-state index in [1.54, 1.807) is 12.2 Å². The normalized spacial score (nSPS) is 31.4. The molecule has 0 saturated carbocycles. The van der Waals surface area contributed by atoms with Gasteiger partial charge < -0.3 is 10.6 Å². The van der Waals surface area contributed by atoms with E-state index < -0.39 is 0 Å². The smallest absolute Gasteiger partial charge is 0.243 e. The first kappa shape index (κ1) is 28.9. The molecule has 0 spiro atoms. The minimum absolute atomic E-state index is 0.0102. The summed E-state index contributed by atoms with van der Waals surface area (Å²) in [5.74, 6) is 0.167. The van der Waals surface area contributed by atoms with Gasteiger partial charge in [0.05, 0.1) is 6.67 Å². The summed E-state index contributed by atoms with van der Waals surface area (Å²) in [6.45, 7) is 12.8. The molecular formula is C31H46N4O2. The van der Waals surface area contributed by atoms with Crippen LogP contribution >= 0.6 is 0 Å². The van der Waals surface area contributed by atoms with E-state index in [4.69, 9.17) is 0 Å².